The molecule has 5 nitrogen and oxygen atoms in total. The highest BCUT2D eigenvalue weighted by atomic mass is 16.1. The molecule has 0 atom stereocenters. The van der Waals surface area contributed by atoms with Gasteiger partial charge in [-0.2, -0.15) is 4.98 Å². The molecular formula is C11H12N4O. The number of aromatic nitrogens is 3. The van der Waals surface area contributed by atoms with Crippen LogP contribution in [0.1, 0.15) is 21.7 Å². The van der Waals surface area contributed by atoms with Gasteiger partial charge in [0.05, 0.1) is 0 Å². The Morgan fingerprint density at radius 3 is 2.50 bits per heavy atom. The molecule has 0 radical (unpaired) electrons. The highest BCUT2D eigenvalue weighted by molar-refractivity contribution is 6.03. The van der Waals surface area contributed by atoms with Gasteiger partial charge in [0.2, 0.25) is 5.95 Å². The molecule has 1 heterocycles. The van der Waals surface area contributed by atoms with Gasteiger partial charge in [-0.1, -0.05) is 17.7 Å². The van der Waals surface area contributed by atoms with Crippen molar-refractivity contribution in [3.05, 3.63) is 41.2 Å². The minimum Gasteiger partial charge on any atom is -0.289 e. The second kappa shape index (κ2) is 4.14. The van der Waals surface area contributed by atoms with Gasteiger partial charge in [0.25, 0.3) is 5.91 Å². The number of amides is 1. The van der Waals surface area contributed by atoms with Gasteiger partial charge in [-0.15, -0.1) is 5.10 Å². The number of rotatable bonds is 2. The van der Waals surface area contributed by atoms with E-state index in [1.54, 1.807) is 19.1 Å². The number of nitrogens with zero attached hydrogens (tertiary/aromatic N) is 2. The molecule has 1 amide bonds. The Bertz CT molecular complexity index is 501. The van der Waals surface area contributed by atoms with Crippen molar-refractivity contribution >= 4 is 11.9 Å². The van der Waals surface area contributed by atoms with Gasteiger partial charge in [-0.05, 0) is 26.0 Å². The van der Waals surface area contributed by atoms with Gasteiger partial charge in [-0.25, -0.2) is 0 Å². The fourth-order valence-corrected chi connectivity index (χ4v) is 1.28. The molecule has 0 aliphatic heterocycles. The number of hydrogen-bond donors (Lipinski definition) is 2. The summed E-state index contributed by atoms with van der Waals surface area (Å²) in [4.78, 5) is 15.7. The third-order valence-corrected chi connectivity index (χ3v) is 2.14. The maximum Gasteiger partial charge on any atom is 0.258 e. The number of aromatic amines is 1. The van der Waals surface area contributed by atoms with Gasteiger partial charge < -0.3 is 0 Å². The summed E-state index contributed by atoms with van der Waals surface area (Å²) in [5, 5.41) is 9.10. The number of carbonyl (C=O) groups is 1. The third kappa shape index (κ3) is 2.25. The van der Waals surface area contributed by atoms with Crippen molar-refractivity contribution in [1.29, 1.82) is 0 Å². The minimum atomic E-state index is -0.209. The highest BCUT2D eigenvalue weighted by Gasteiger charge is 2.07. The average molecular weight is 216 g/mol. The average Bonchev–Trinajstić information content (AvgIpc) is 2.65. The van der Waals surface area contributed by atoms with Crippen LogP contribution in [0.5, 0.6) is 0 Å². The van der Waals surface area contributed by atoms with Crippen LogP contribution in [0.3, 0.4) is 0 Å². The Labute approximate surface area is 92.9 Å². The van der Waals surface area contributed by atoms with Crippen LogP contribution in [0.4, 0.5) is 5.95 Å². The van der Waals surface area contributed by atoms with E-state index in [9.17, 15) is 4.79 Å². The molecule has 0 aliphatic rings. The quantitative estimate of drug-likeness (QED) is 0.802. The van der Waals surface area contributed by atoms with Crippen molar-refractivity contribution < 1.29 is 4.79 Å². The molecule has 82 valence electrons. The van der Waals surface area contributed by atoms with E-state index >= 15 is 0 Å². The molecule has 0 bridgehead atoms. The van der Waals surface area contributed by atoms with Crippen molar-refractivity contribution in [2.24, 2.45) is 0 Å². The van der Waals surface area contributed by atoms with Gasteiger partial charge in [-0.3, -0.25) is 15.2 Å². The molecule has 2 rings (SSSR count). The lowest BCUT2D eigenvalue weighted by atomic mass is 10.1. The number of carbonyl (C=O) groups excluding carboxylic acids is 1. The first-order valence-corrected chi connectivity index (χ1v) is 4.92. The van der Waals surface area contributed by atoms with Crippen LogP contribution in [0.15, 0.2) is 24.3 Å². The maximum absolute atomic E-state index is 11.7. The molecule has 1 aromatic carbocycles. The minimum absolute atomic E-state index is 0.209. The van der Waals surface area contributed by atoms with E-state index in [-0.39, 0.29) is 5.91 Å². The third-order valence-electron chi connectivity index (χ3n) is 2.14. The predicted molar refractivity (Wildman–Crippen MR) is 60.3 cm³/mol. The van der Waals surface area contributed by atoms with Crippen LogP contribution in [-0.2, 0) is 0 Å². The zero-order valence-corrected chi connectivity index (χ0v) is 9.11. The van der Waals surface area contributed by atoms with E-state index in [0.29, 0.717) is 17.3 Å². The first-order chi connectivity index (χ1) is 7.65. The van der Waals surface area contributed by atoms with Crippen molar-refractivity contribution in [3.8, 4) is 0 Å². The Morgan fingerprint density at radius 1 is 1.25 bits per heavy atom. The van der Waals surface area contributed by atoms with Gasteiger partial charge in [0, 0.05) is 5.56 Å². The number of aryl methyl sites for hydroxylation is 2. The van der Waals surface area contributed by atoms with E-state index < -0.39 is 0 Å². The Balaban J connectivity index is 2.11. The summed E-state index contributed by atoms with van der Waals surface area (Å²) >= 11 is 0. The smallest absolute Gasteiger partial charge is 0.258 e. The Hall–Kier alpha value is -2.17. The lowest BCUT2D eigenvalue weighted by Crippen LogP contribution is -2.12. The lowest BCUT2D eigenvalue weighted by molar-refractivity contribution is 0.102. The van der Waals surface area contributed by atoms with Crippen LogP contribution in [-0.4, -0.2) is 21.1 Å². The molecule has 0 saturated carbocycles. The van der Waals surface area contributed by atoms with Gasteiger partial charge >= 0.3 is 0 Å². The Kier molecular flexibility index (Phi) is 2.68. The molecule has 0 aliphatic carbocycles. The summed E-state index contributed by atoms with van der Waals surface area (Å²) in [7, 11) is 0. The van der Waals surface area contributed by atoms with Crippen LogP contribution < -0.4 is 5.32 Å². The van der Waals surface area contributed by atoms with Crippen molar-refractivity contribution in [2.75, 3.05) is 5.32 Å². The number of nitrogens with one attached hydrogen (secondary N) is 2. The topological polar surface area (TPSA) is 70.7 Å². The summed E-state index contributed by atoms with van der Waals surface area (Å²) < 4.78 is 0. The molecule has 0 unspecified atom stereocenters. The normalized spacial score (nSPS) is 10.1. The monoisotopic (exact) mass is 216 g/mol. The molecule has 0 saturated heterocycles. The van der Waals surface area contributed by atoms with Crippen LogP contribution in [0.2, 0.25) is 0 Å². The lowest BCUT2D eigenvalue weighted by Gasteiger charge is -2.00. The first-order valence-electron chi connectivity index (χ1n) is 4.92. The molecule has 1 aromatic heterocycles. The zero-order valence-electron chi connectivity index (χ0n) is 9.11. The van der Waals surface area contributed by atoms with E-state index in [2.05, 4.69) is 20.5 Å². The summed E-state index contributed by atoms with van der Waals surface area (Å²) in [5.74, 6) is 0.751. The predicted octanol–water partition coefficient (Wildman–Crippen LogP) is 1.67. The number of anilines is 1. The number of H-pyrrole nitrogens is 1. The molecule has 5 heteroatoms. The van der Waals surface area contributed by atoms with Crippen molar-refractivity contribution in [3.63, 3.8) is 0 Å². The van der Waals surface area contributed by atoms with Gasteiger partial charge in [0.1, 0.15) is 5.82 Å². The Morgan fingerprint density at radius 2 is 1.94 bits per heavy atom. The van der Waals surface area contributed by atoms with Crippen LogP contribution in [0.25, 0.3) is 0 Å². The SMILES string of the molecule is Cc1ccc(C(=O)Nc2n[nH]c(C)n2)cc1. The summed E-state index contributed by atoms with van der Waals surface area (Å²) in [6.45, 7) is 3.74. The second-order valence-corrected chi connectivity index (χ2v) is 3.56. The van der Waals surface area contributed by atoms with E-state index in [1.807, 2.05) is 19.1 Å². The molecule has 0 fully saturated rings. The molecular weight excluding hydrogens is 204 g/mol. The maximum atomic E-state index is 11.7. The summed E-state index contributed by atoms with van der Waals surface area (Å²) in [6, 6.07) is 7.31. The summed E-state index contributed by atoms with van der Waals surface area (Å²) in [6.07, 6.45) is 0. The second-order valence-electron chi connectivity index (χ2n) is 3.56. The first kappa shape index (κ1) is 10.4. The zero-order chi connectivity index (χ0) is 11.5. The largest absolute Gasteiger partial charge is 0.289 e. The van der Waals surface area contributed by atoms with E-state index in [1.165, 1.54) is 0 Å². The highest BCUT2D eigenvalue weighted by Crippen LogP contribution is 2.06. The van der Waals surface area contributed by atoms with E-state index in [4.69, 9.17) is 0 Å². The van der Waals surface area contributed by atoms with Crippen molar-refractivity contribution in [2.45, 2.75) is 13.8 Å². The van der Waals surface area contributed by atoms with Gasteiger partial charge in [0.15, 0.2) is 0 Å². The molecule has 0 spiro atoms. The van der Waals surface area contributed by atoms with Crippen LogP contribution >= 0.6 is 0 Å². The fourth-order valence-electron chi connectivity index (χ4n) is 1.28. The van der Waals surface area contributed by atoms with Crippen molar-refractivity contribution in [1.82, 2.24) is 15.2 Å². The fraction of sp³-hybridized carbons (Fsp3) is 0.182. The standard InChI is InChI=1S/C11H12N4O/c1-7-3-5-9(6-4-7)10(16)13-11-12-8(2)14-15-11/h3-6H,1-2H3,(H2,12,13,14,15,16). The number of benzene rings is 1. The molecule has 16 heavy (non-hydrogen) atoms. The molecule has 2 N–H and O–H groups in total. The molecule has 2 aromatic rings. The van der Waals surface area contributed by atoms with E-state index in [0.717, 1.165) is 5.56 Å². The summed E-state index contributed by atoms with van der Waals surface area (Å²) in [5.41, 5.74) is 1.71. The van der Waals surface area contributed by atoms with Crippen LogP contribution in [0, 0.1) is 13.8 Å². The number of hydrogen-bond acceptors (Lipinski definition) is 3.